The molecule has 29 heavy (non-hydrogen) atoms. The first-order valence-corrected chi connectivity index (χ1v) is 9.36. The van der Waals surface area contributed by atoms with Gasteiger partial charge in [-0.1, -0.05) is 41.6 Å². The van der Waals surface area contributed by atoms with E-state index in [0.29, 0.717) is 12.1 Å². The molecule has 2 aromatic carbocycles. The molecule has 1 aromatic heterocycles. The van der Waals surface area contributed by atoms with Crippen LogP contribution in [0.1, 0.15) is 29.9 Å². The minimum atomic E-state index is -0.362. The number of aromatic nitrogens is 1. The largest absolute Gasteiger partial charge is 0.359 e. The molecule has 0 spiro atoms. The Hall–Kier alpha value is -3.25. The molecule has 0 saturated heterocycles. The maximum atomic E-state index is 13.6. The first-order chi connectivity index (χ1) is 13.9. The average molecular weight is 393 g/mol. The van der Waals surface area contributed by atoms with Crippen molar-refractivity contribution in [2.24, 2.45) is 0 Å². The summed E-state index contributed by atoms with van der Waals surface area (Å²) in [4.78, 5) is 14.2. The van der Waals surface area contributed by atoms with Gasteiger partial charge in [-0.05, 0) is 44.8 Å². The molecule has 0 aliphatic carbocycles. The third-order valence-corrected chi connectivity index (χ3v) is 4.39. The zero-order chi connectivity index (χ0) is 20.8. The molecule has 0 aliphatic heterocycles. The predicted octanol–water partition coefficient (Wildman–Crippen LogP) is 4.43. The van der Waals surface area contributed by atoms with Crippen molar-refractivity contribution in [1.82, 2.24) is 15.4 Å². The number of nitrogens with one attached hydrogen (secondary N) is 1. The van der Waals surface area contributed by atoms with Gasteiger partial charge in [-0.25, -0.2) is 4.39 Å². The Balaban J connectivity index is 1.67. The van der Waals surface area contributed by atoms with Crippen molar-refractivity contribution in [3.05, 3.63) is 83.4 Å². The lowest BCUT2D eigenvalue weighted by atomic mass is 10.0. The minimum Gasteiger partial charge on any atom is -0.359 e. The minimum absolute atomic E-state index is 0.221. The lowest BCUT2D eigenvalue weighted by molar-refractivity contribution is -0.117. The van der Waals surface area contributed by atoms with Crippen LogP contribution < -0.4 is 5.32 Å². The molecule has 0 fully saturated rings. The fourth-order valence-electron chi connectivity index (χ4n) is 2.92. The maximum Gasteiger partial charge on any atom is 0.244 e. The van der Waals surface area contributed by atoms with Crippen molar-refractivity contribution >= 4 is 12.0 Å². The van der Waals surface area contributed by atoms with Gasteiger partial charge in [0.2, 0.25) is 5.91 Å². The third-order valence-electron chi connectivity index (χ3n) is 4.39. The molecule has 0 bridgehead atoms. The number of rotatable bonds is 7. The van der Waals surface area contributed by atoms with Gasteiger partial charge < -0.3 is 14.7 Å². The summed E-state index contributed by atoms with van der Waals surface area (Å²) in [5, 5.41) is 7.03. The SMILES string of the molecule is C[C@H](NC(=O)/C=C/c1ccccc1F)c1cccc(-c2cc(CN(C)C)on2)c1. The van der Waals surface area contributed by atoms with E-state index in [1.165, 1.54) is 18.2 Å². The third kappa shape index (κ3) is 5.62. The van der Waals surface area contributed by atoms with Crippen LogP contribution in [0.2, 0.25) is 0 Å². The molecule has 3 aromatic rings. The van der Waals surface area contributed by atoms with Crippen LogP contribution >= 0.6 is 0 Å². The van der Waals surface area contributed by atoms with Crippen molar-refractivity contribution < 1.29 is 13.7 Å². The number of nitrogens with zero attached hydrogens (tertiary/aromatic N) is 2. The Labute approximate surface area is 169 Å². The van der Waals surface area contributed by atoms with E-state index in [0.717, 1.165) is 22.6 Å². The van der Waals surface area contributed by atoms with E-state index in [4.69, 9.17) is 4.52 Å². The molecule has 0 saturated carbocycles. The Morgan fingerprint density at radius 3 is 2.76 bits per heavy atom. The van der Waals surface area contributed by atoms with Gasteiger partial charge >= 0.3 is 0 Å². The molecule has 1 amide bonds. The summed E-state index contributed by atoms with van der Waals surface area (Å²) < 4.78 is 19.0. The number of amides is 1. The van der Waals surface area contributed by atoms with Gasteiger partial charge in [0.25, 0.3) is 0 Å². The summed E-state index contributed by atoms with van der Waals surface area (Å²) in [6.07, 6.45) is 2.80. The van der Waals surface area contributed by atoms with Crippen LogP contribution in [0, 0.1) is 5.82 Å². The highest BCUT2D eigenvalue weighted by Crippen LogP contribution is 2.23. The van der Waals surface area contributed by atoms with E-state index in [1.54, 1.807) is 18.2 Å². The van der Waals surface area contributed by atoms with Gasteiger partial charge in [-0.15, -0.1) is 0 Å². The second kappa shape index (κ2) is 9.30. The molecular weight excluding hydrogens is 369 g/mol. The van der Waals surface area contributed by atoms with Crippen LogP contribution in [-0.4, -0.2) is 30.1 Å². The highest BCUT2D eigenvalue weighted by Gasteiger charge is 2.12. The van der Waals surface area contributed by atoms with E-state index in [9.17, 15) is 9.18 Å². The normalized spacial score (nSPS) is 12.4. The van der Waals surface area contributed by atoms with Crippen LogP contribution in [0.25, 0.3) is 17.3 Å². The fraction of sp³-hybridized carbons (Fsp3) is 0.217. The van der Waals surface area contributed by atoms with Crippen molar-refractivity contribution in [2.45, 2.75) is 19.5 Å². The van der Waals surface area contributed by atoms with Crippen LogP contribution in [0.15, 0.2) is 65.2 Å². The van der Waals surface area contributed by atoms with E-state index in [1.807, 2.05) is 56.3 Å². The molecule has 0 radical (unpaired) electrons. The number of carbonyl (C=O) groups is 1. The van der Waals surface area contributed by atoms with Gasteiger partial charge in [0.15, 0.2) is 5.76 Å². The Morgan fingerprint density at radius 1 is 1.21 bits per heavy atom. The van der Waals surface area contributed by atoms with Crippen molar-refractivity contribution in [3.63, 3.8) is 0 Å². The second-order valence-corrected chi connectivity index (χ2v) is 7.13. The van der Waals surface area contributed by atoms with E-state index in [-0.39, 0.29) is 17.8 Å². The van der Waals surface area contributed by atoms with Crippen LogP contribution in [0.3, 0.4) is 0 Å². The monoisotopic (exact) mass is 393 g/mol. The Morgan fingerprint density at radius 2 is 2.00 bits per heavy atom. The molecule has 6 heteroatoms. The fourth-order valence-corrected chi connectivity index (χ4v) is 2.92. The summed E-state index contributed by atoms with van der Waals surface area (Å²) in [6, 6.07) is 15.8. The van der Waals surface area contributed by atoms with Crippen LogP contribution in [-0.2, 0) is 11.3 Å². The standard InChI is InChI=1S/C23H24FN3O2/c1-16(25-23(28)12-11-17-7-4-5-10-21(17)24)18-8-6-9-19(13-18)22-14-20(29-26-22)15-27(2)3/h4-14,16H,15H2,1-3H3,(H,25,28)/b12-11+/t16-/m0/s1. The number of benzene rings is 2. The lowest BCUT2D eigenvalue weighted by Gasteiger charge is -2.13. The zero-order valence-corrected chi connectivity index (χ0v) is 16.7. The predicted molar refractivity (Wildman–Crippen MR) is 111 cm³/mol. The van der Waals surface area contributed by atoms with Crippen LogP contribution in [0.4, 0.5) is 4.39 Å². The first-order valence-electron chi connectivity index (χ1n) is 9.36. The average Bonchev–Trinajstić information content (AvgIpc) is 3.15. The molecule has 150 valence electrons. The van der Waals surface area contributed by atoms with Gasteiger partial charge in [0.05, 0.1) is 12.6 Å². The van der Waals surface area contributed by atoms with E-state index in [2.05, 4.69) is 10.5 Å². The Kier molecular flexibility index (Phi) is 6.57. The second-order valence-electron chi connectivity index (χ2n) is 7.13. The van der Waals surface area contributed by atoms with Gasteiger partial charge in [-0.3, -0.25) is 4.79 Å². The van der Waals surface area contributed by atoms with E-state index < -0.39 is 0 Å². The van der Waals surface area contributed by atoms with Crippen molar-refractivity contribution in [2.75, 3.05) is 14.1 Å². The zero-order valence-electron chi connectivity index (χ0n) is 16.7. The highest BCUT2D eigenvalue weighted by atomic mass is 19.1. The quantitative estimate of drug-likeness (QED) is 0.603. The summed E-state index contributed by atoms with van der Waals surface area (Å²) in [5.74, 6) is 0.134. The number of hydrogen-bond donors (Lipinski definition) is 1. The topological polar surface area (TPSA) is 58.4 Å². The van der Waals surface area contributed by atoms with E-state index >= 15 is 0 Å². The molecule has 3 rings (SSSR count). The van der Waals surface area contributed by atoms with Gasteiger partial charge in [-0.2, -0.15) is 0 Å². The number of halogens is 1. The lowest BCUT2D eigenvalue weighted by Crippen LogP contribution is -2.24. The smallest absolute Gasteiger partial charge is 0.244 e. The highest BCUT2D eigenvalue weighted by molar-refractivity contribution is 5.92. The van der Waals surface area contributed by atoms with Crippen molar-refractivity contribution in [1.29, 1.82) is 0 Å². The molecular formula is C23H24FN3O2. The summed E-state index contributed by atoms with van der Waals surface area (Å²) >= 11 is 0. The van der Waals surface area contributed by atoms with Crippen molar-refractivity contribution in [3.8, 4) is 11.3 Å². The molecule has 5 nitrogen and oxygen atoms in total. The summed E-state index contributed by atoms with van der Waals surface area (Å²) in [7, 11) is 3.93. The molecule has 1 N–H and O–H groups in total. The van der Waals surface area contributed by atoms with Gasteiger partial charge in [0.1, 0.15) is 11.5 Å². The number of hydrogen-bond acceptors (Lipinski definition) is 4. The molecule has 0 unspecified atom stereocenters. The first kappa shape index (κ1) is 20.5. The number of carbonyl (C=O) groups excluding carboxylic acids is 1. The summed E-state index contributed by atoms with van der Waals surface area (Å²) in [6.45, 7) is 2.57. The van der Waals surface area contributed by atoms with Crippen LogP contribution in [0.5, 0.6) is 0 Å². The molecule has 0 aliphatic rings. The maximum absolute atomic E-state index is 13.6. The Bertz CT molecular complexity index is 1010. The summed E-state index contributed by atoms with van der Waals surface area (Å²) in [5.41, 5.74) is 2.98. The molecule has 1 heterocycles. The molecule has 1 atom stereocenters. The van der Waals surface area contributed by atoms with Gasteiger partial charge in [0, 0.05) is 23.3 Å².